The zero-order chi connectivity index (χ0) is 38.6. The molecule has 0 fully saturated rings. The second kappa shape index (κ2) is 13.7. The summed E-state index contributed by atoms with van der Waals surface area (Å²) in [6.07, 6.45) is 0. The molecule has 0 radical (unpaired) electrons. The summed E-state index contributed by atoms with van der Waals surface area (Å²) in [6, 6.07) is 70.6. The number of nitriles is 1. The highest BCUT2D eigenvalue weighted by molar-refractivity contribution is 7.99. The first-order valence-electron chi connectivity index (χ1n) is 19.3. The van der Waals surface area contributed by atoms with E-state index in [9.17, 15) is 5.26 Å². The van der Waals surface area contributed by atoms with Gasteiger partial charge in [-0.05, 0) is 92.0 Å². The van der Waals surface area contributed by atoms with Crippen LogP contribution in [-0.2, 0) is 5.41 Å². The van der Waals surface area contributed by atoms with Crippen LogP contribution < -0.4 is 0 Å². The van der Waals surface area contributed by atoms with E-state index in [-0.39, 0.29) is 0 Å². The molecule has 1 aliphatic carbocycles. The fourth-order valence-electron chi connectivity index (χ4n) is 8.75. The third kappa shape index (κ3) is 5.42. The quantitative estimate of drug-likeness (QED) is 0.175. The lowest BCUT2D eigenvalue weighted by atomic mass is 9.67. The normalized spacial score (nSPS) is 12.9. The van der Waals surface area contributed by atoms with Crippen molar-refractivity contribution < 1.29 is 0 Å². The van der Waals surface area contributed by atoms with Crippen LogP contribution in [0.1, 0.15) is 27.8 Å². The van der Waals surface area contributed by atoms with Gasteiger partial charge in [0.15, 0.2) is 17.5 Å². The minimum absolute atomic E-state index is 0.588. The van der Waals surface area contributed by atoms with E-state index in [2.05, 4.69) is 115 Å². The van der Waals surface area contributed by atoms with Gasteiger partial charge in [0.05, 0.1) is 17.0 Å². The fourth-order valence-corrected chi connectivity index (χ4v) is 9.94. The van der Waals surface area contributed by atoms with Gasteiger partial charge in [-0.1, -0.05) is 169 Å². The second-order valence-corrected chi connectivity index (χ2v) is 15.8. The van der Waals surface area contributed by atoms with Crippen LogP contribution in [0.2, 0.25) is 0 Å². The zero-order valence-corrected chi connectivity index (χ0v) is 32.0. The molecule has 2 aliphatic rings. The average Bonchev–Trinajstić information content (AvgIpc) is 3.58. The number of hydrogen-bond donors (Lipinski definition) is 0. The van der Waals surface area contributed by atoms with Crippen molar-refractivity contribution in [3.63, 3.8) is 0 Å². The van der Waals surface area contributed by atoms with E-state index < -0.39 is 5.41 Å². The first-order chi connectivity index (χ1) is 28.7. The third-order valence-electron chi connectivity index (χ3n) is 11.5. The highest BCUT2D eigenvalue weighted by Gasteiger charge is 2.50. The molecule has 58 heavy (non-hydrogen) atoms. The van der Waals surface area contributed by atoms with E-state index in [1.807, 2.05) is 96.7 Å². The predicted octanol–water partition coefficient (Wildman–Crippen LogP) is 12.9. The number of hydrogen-bond acceptors (Lipinski definition) is 5. The topological polar surface area (TPSA) is 62.5 Å². The number of aromatic nitrogens is 3. The van der Waals surface area contributed by atoms with Crippen molar-refractivity contribution in [2.45, 2.75) is 15.2 Å². The number of nitrogens with zero attached hydrogens (tertiary/aromatic N) is 4. The molecule has 0 atom stereocenters. The average molecular weight is 757 g/mol. The van der Waals surface area contributed by atoms with Gasteiger partial charge in [0.2, 0.25) is 0 Å². The van der Waals surface area contributed by atoms with E-state index >= 15 is 0 Å². The molecule has 8 aromatic carbocycles. The Bertz CT molecular complexity index is 2980. The molecule has 5 heteroatoms. The SMILES string of the molecule is N#Cc1ccc(-c2ccc(-c3ccc4c(c3)C3(c5ccccc5Sc5ccccc53)c3cc(-c5nc(-c6ccccc6)nc(-c6ccccc6)n5)ccc3-4)cc2)cc1. The van der Waals surface area contributed by atoms with Gasteiger partial charge >= 0.3 is 0 Å². The third-order valence-corrected chi connectivity index (χ3v) is 12.6. The Morgan fingerprint density at radius 2 is 0.759 bits per heavy atom. The van der Waals surface area contributed by atoms with Crippen molar-refractivity contribution in [3.8, 4) is 73.6 Å². The van der Waals surface area contributed by atoms with E-state index in [1.165, 1.54) is 43.2 Å². The number of benzene rings is 8. The van der Waals surface area contributed by atoms with Gasteiger partial charge in [-0.15, -0.1) is 0 Å². The van der Waals surface area contributed by atoms with Crippen molar-refractivity contribution in [3.05, 3.63) is 222 Å². The Hall–Kier alpha value is -7.39. The van der Waals surface area contributed by atoms with Gasteiger partial charge in [-0.2, -0.15) is 5.26 Å². The molecule has 0 N–H and O–H groups in total. The van der Waals surface area contributed by atoms with E-state index in [1.54, 1.807) is 0 Å². The summed E-state index contributed by atoms with van der Waals surface area (Å²) < 4.78 is 0. The van der Waals surface area contributed by atoms with Gasteiger partial charge < -0.3 is 0 Å². The molecule has 0 amide bonds. The highest BCUT2D eigenvalue weighted by atomic mass is 32.2. The lowest BCUT2D eigenvalue weighted by Crippen LogP contribution is -2.32. The first-order valence-corrected chi connectivity index (χ1v) is 20.1. The molecule has 1 spiro atoms. The van der Waals surface area contributed by atoms with Crippen molar-refractivity contribution in [1.82, 2.24) is 15.0 Å². The van der Waals surface area contributed by atoms with Gasteiger partial charge in [-0.25, -0.2) is 15.0 Å². The van der Waals surface area contributed by atoms with Crippen LogP contribution in [-0.4, -0.2) is 15.0 Å². The summed E-state index contributed by atoms with van der Waals surface area (Å²) in [4.78, 5) is 17.8. The molecule has 4 nitrogen and oxygen atoms in total. The molecule has 0 saturated heterocycles. The van der Waals surface area contributed by atoms with Crippen LogP contribution in [0.15, 0.2) is 204 Å². The molecular weight excluding hydrogens is 725 g/mol. The van der Waals surface area contributed by atoms with Crippen LogP contribution in [0.3, 0.4) is 0 Å². The molecule has 0 unspecified atom stereocenters. The van der Waals surface area contributed by atoms with Crippen molar-refractivity contribution in [2.75, 3.05) is 0 Å². The van der Waals surface area contributed by atoms with Gasteiger partial charge in [-0.3, -0.25) is 0 Å². The monoisotopic (exact) mass is 756 g/mol. The number of rotatable bonds is 5. The highest BCUT2D eigenvalue weighted by Crippen LogP contribution is 2.62. The molecule has 2 heterocycles. The Morgan fingerprint density at radius 3 is 1.28 bits per heavy atom. The fraction of sp³-hybridized carbons (Fsp3) is 0.0189. The lowest BCUT2D eigenvalue weighted by Gasteiger charge is -2.39. The summed E-state index contributed by atoms with van der Waals surface area (Å²) in [5.74, 6) is 1.92. The minimum atomic E-state index is -0.588. The van der Waals surface area contributed by atoms with Crippen LogP contribution >= 0.6 is 11.8 Å². The van der Waals surface area contributed by atoms with E-state index in [0.29, 0.717) is 23.0 Å². The Morgan fingerprint density at radius 1 is 0.362 bits per heavy atom. The second-order valence-electron chi connectivity index (χ2n) is 14.7. The summed E-state index contributed by atoms with van der Waals surface area (Å²) >= 11 is 1.84. The minimum Gasteiger partial charge on any atom is -0.208 e. The maximum absolute atomic E-state index is 9.29. The standard InChI is InChI=1S/C53H32N4S/c54-33-34-19-21-35(22-20-34)36-23-25-37(26-24-36)40-27-29-42-43-30-28-41(52-56-50(38-11-3-1-4-12-38)55-51(57-52)39-13-5-2-6-14-39)32-47(43)53(46(42)31-40)44-15-7-9-17-48(44)58-49-18-10-8-16-45(49)53/h1-32H. The molecule has 0 bridgehead atoms. The largest absolute Gasteiger partial charge is 0.208 e. The molecule has 1 aromatic heterocycles. The van der Waals surface area contributed by atoms with E-state index in [0.717, 1.165) is 38.9 Å². The van der Waals surface area contributed by atoms with Gasteiger partial charge in [0.1, 0.15) is 0 Å². The van der Waals surface area contributed by atoms with Crippen LogP contribution in [0.4, 0.5) is 0 Å². The number of fused-ring (bicyclic) bond motifs is 9. The Kier molecular flexibility index (Phi) is 7.99. The van der Waals surface area contributed by atoms with Gasteiger partial charge in [0, 0.05) is 26.5 Å². The summed E-state index contributed by atoms with van der Waals surface area (Å²) in [5.41, 5.74) is 14.9. The maximum atomic E-state index is 9.29. The van der Waals surface area contributed by atoms with Crippen LogP contribution in [0, 0.1) is 11.3 Å². The Balaban J connectivity index is 1.12. The Labute approximate surface area is 341 Å². The van der Waals surface area contributed by atoms with Crippen molar-refractivity contribution in [2.24, 2.45) is 0 Å². The lowest BCUT2D eigenvalue weighted by molar-refractivity contribution is 0.722. The van der Waals surface area contributed by atoms with Crippen LogP contribution in [0.25, 0.3) is 67.5 Å². The summed E-state index contributed by atoms with van der Waals surface area (Å²) in [7, 11) is 0. The van der Waals surface area contributed by atoms with Crippen molar-refractivity contribution >= 4 is 11.8 Å². The van der Waals surface area contributed by atoms with Crippen molar-refractivity contribution in [1.29, 1.82) is 5.26 Å². The molecule has 9 aromatic rings. The van der Waals surface area contributed by atoms with E-state index in [4.69, 9.17) is 15.0 Å². The predicted molar refractivity (Wildman–Crippen MR) is 233 cm³/mol. The maximum Gasteiger partial charge on any atom is 0.164 e. The molecule has 270 valence electrons. The van der Waals surface area contributed by atoms with Crippen LogP contribution in [0.5, 0.6) is 0 Å². The smallest absolute Gasteiger partial charge is 0.164 e. The van der Waals surface area contributed by atoms with Gasteiger partial charge in [0.25, 0.3) is 0 Å². The summed E-state index contributed by atoms with van der Waals surface area (Å²) in [6.45, 7) is 0. The molecule has 1 aliphatic heterocycles. The first kappa shape index (κ1) is 33.9. The summed E-state index contributed by atoms with van der Waals surface area (Å²) in [5, 5.41) is 9.29. The molecule has 11 rings (SSSR count). The molecular formula is C53H32N4S. The molecule has 0 saturated carbocycles. The zero-order valence-electron chi connectivity index (χ0n) is 31.2.